The third kappa shape index (κ3) is 3.42. The molecule has 0 aromatic carbocycles. The highest BCUT2D eigenvalue weighted by Gasteiger charge is 2.12. The Labute approximate surface area is 105 Å². The fraction of sp³-hybridized carbons (Fsp3) is 0.545. The van der Waals surface area contributed by atoms with Crippen LogP contribution < -0.4 is 11.1 Å². The average Bonchev–Trinajstić information content (AvgIpc) is 2.77. The van der Waals surface area contributed by atoms with Crippen LogP contribution in [0.2, 0.25) is 0 Å². The number of hydrogen-bond donors (Lipinski definition) is 2. The topological polar surface area (TPSA) is 67.6 Å². The Morgan fingerprint density at radius 3 is 2.94 bits per heavy atom. The van der Waals surface area contributed by atoms with E-state index in [2.05, 4.69) is 10.2 Å². The third-order valence-corrected chi connectivity index (χ3v) is 3.65. The van der Waals surface area contributed by atoms with Gasteiger partial charge in [-0.1, -0.05) is 0 Å². The van der Waals surface area contributed by atoms with Gasteiger partial charge in [0.1, 0.15) is 4.88 Å². The Bertz CT molecular complexity index is 375. The summed E-state index contributed by atoms with van der Waals surface area (Å²) in [6.45, 7) is 4.96. The molecule has 0 atom stereocenters. The van der Waals surface area contributed by atoms with Crippen LogP contribution in [0.25, 0.3) is 0 Å². The van der Waals surface area contributed by atoms with Gasteiger partial charge in [-0.3, -0.25) is 9.69 Å². The molecule has 1 aliphatic rings. The number of carbonyl (C=O) groups is 1. The molecule has 0 bridgehead atoms. The molecule has 1 amide bonds. The number of nitrogens with one attached hydrogen (secondary N) is 1. The number of rotatable bonds is 4. The highest BCUT2D eigenvalue weighted by molar-refractivity contribution is 7.12. The predicted octanol–water partition coefficient (Wildman–Crippen LogP) is 0.392. The summed E-state index contributed by atoms with van der Waals surface area (Å²) in [5.74, 6) is -0.0780. The van der Waals surface area contributed by atoms with E-state index in [9.17, 15) is 4.79 Å². The van der Waals surface area contributed by atoms with E-state index in [1.807, 2.05) is 5.38 Å². The van der Waals surface area contributed by atoms with Crippen molar-refractivity contribution in [1.29, 1.82) is 0 Å². The van der Waals surface area contributed by atoms with Crippen molar-refractivity contribution in [3.8, 4) is 0 Å². The van der Waals surface area contributed by atoms with Crippen LogP contribution in [0.3, 0.4) is 0 Å². The van der Waals surface area contributed by atoms with Crippen LogP contribution in [0.1, 0.15) is 9.67 Å². The molecule has 0 radical (unpaired) electrons. The van der Waals surface area contributed by atoms with Crippen molar-refractivity contribution < 1.29 is 9.53 Å². The zero-order valence-electron chi connectivity index (χ0n) is 9.65. The first-order valence-corrected chi connectivity index (χ1v) is 6.56. The average molecular weight is 255 g/mol. The fourth-order valence-corrected chi connectivity index (χ4v) is 2.47. The van der Waals surface area contributed by atoms with E-state index >= 15 is 0 Å². The van der Waals surface area contributed by atoms with E-state index in [-0.39, 0.29) is 5.91 Å². The Morgan fingerprint density at radius 1 is 1.53 bits per heavy atom. The molecule has 94 valence electrons. The minimum atomic E-state index is -0.0780. The molecule has 3 N–H and O–H groups in total. The molecular formula is C11H17N3O2S. The second-order valence-electron chi connectivity index (χ2n) is 3.91. The maximum absolute atomic E-state index is 11.7. The predicted molar refractivity (Wildman–Crippen MR) is 68.3 cm³/mol. The Hall–Kier alpha value is -1.11. The van der Waals surface area contributed by atoms with E-state index in [0.29, 0.717) is 17.1 Å². The van der Waals surface area contributed by atoms with Gasteiger partial charge in [-0.15, -0.1) is 11.3 Å². The summed E-state index contributed by atoms with van der Waals surface area (Å²) >= 11 is 1.37. The number of ether oxygens (including phenoxy) is 1. The Balaban J connectivity index is 1.71. The SMILES string of the molecule is Nc1ccsc1C(=O)NCCN1CCOCC1. The van der Waals surface area contributed by atoms with Gasteiger partial charge in [0.15, 0.2) is 0 Å². The molecule has 2 heterocycles. The summed E-state index contributed by atoms with van der Waals surface area (Å²) < 4.78 is 5.26. The van der Waals surface area contributed by atoms with Crippen molar-refractivity contribution in [3.63, 3.8) is 0 Å². The molecule has 0 aliphatic carbocycles. The number of anilines is 1. The van der Waals surface area contributed by atoms with Gasteiger partial charge in [0, 0.05) is 26.2 Å². The van der Waals surface area contributed by atoms with Crippen LogP contribution in [0.15, 0.2) is 11.4 Å². The molecule has 1 aromatic rings. The third-order valence-electron chi connectivity index (χ3n) is 2.72. The van der Waals surface area contributed by atoms with Gasteiger partial charge >= 0.3 is 0 Å². The lowest BCUT2D eigenvalue weighted by atomic mass is 10.3. The van der Waals surface area contributed by atoms with Crippen molar-refractivity contribution in [1.82, 2.24) is 10.2 Å². The molecular weight excluding hydrogens is 238 g/mol. The molecule has 0 spiro atoms. The minimum Gasteiger partial charge on any atom is -0.397 e. The van der Waals surface area contributed by atoms with Crippen LogP contribution in [0.4, 0.5) is 5.69 Å². The van der Waals surface area contributed by atoms with Gasteiger partial charge in [0.05, 0.1) is 18.9 Å². The summed E-state index contributed by atoms with van der Waals surface area (Å²) in [6.07, 6.45) is 0. The summed E-state index contributed by atoms with van der Waals surface area (Å²) in [7, 11) is 0. The monoisotopic (exact) mass is 255 g/mol. The first-order valence-electron chi connectivity index (χ1n) is 5.68. The lowest BCUT2D eigenvalue weighted by Gasteiger charge is -2.26. The fourth-order valence-electron chi connectivity index (χ4n) is 1.74. The van der Waals surface area contributed by atoms with Crippen molar-refractivity contribution in [2.75, 3.05) is 45.1 Å². The van der Waals surface area contributed by atoms with E-state index in [1.165, 1.54) is 11.3 Å². The molecule has 0 unspecified atom stereocenters. The van der Waals surface area contributed by atoms with Crippen molar-refractivity contribution in [2.24, 2.45) is 0 Å². The highest BCUT2D eigenvalue weighted by atomic mass is 32.1. The number of nitrogens with two attached hydrogens (primary N) is 1. The van der Waals surface area contributed by atoms with Gasteiger partial charge < -0.3 is 15.8 Å². The molecule has 1 fully saturated rings. The normalized spacial score (nSPS) is 16.9. The standard InChI is InChI=1S/C11H17N3O2S/c12-9-1-8-17-10(9)11(15)13-2-3-14-4-6-16-7-5-14/h1,8H,2-7,12H2,(H,13,15). The van der Waals surface area contributed by atoms with Crippen molar-refractivity contribution in [3.05, 3.63) is 16.3 Å². The van der Waals surface area contributed by atoms with Gasteiger partial charge in [-0.25, -0.2) is 0 Å². The van der Waals surface area contributed by atoms with Gasteiger partial charge in [-0.05, 0) is 11.4 Å². The smallest absolute Gasteiger partial charge is 0.263 e. The number of nitrogens with zero attached hydrogens (tertiary/aromatic N) is 1. The van der Waals surface area contributed by atoms with E-state index in [1.54, 1.807) is 6.07 Å². The minimum absolute atomic E-state index is 0.0780. The van der Waals surface area contributed by atoms with Crippen LogP contribution in [-0.4, -0.2) is 50.2 Å². The van der Waals surface area contributed by atoms with Crippen molar-refractivity contribution >= 4 is 22.9 Å². The highest BCUT2D eigenvalue weighted by Crippen LogP contribution is 2.17. The number of thiophene rings is 1. The molecule has 1 aliphatic heterocycles. The first-order chi connectivity index (χ1) is 8.27. The van der Waals surface area contributed by atoms with Gasteiger partial charge in [0.25, 0.3) is 5.91 Å². The number of nitrogen functional groups attached to an aromatic ring is 1. The summed E-state index contributed by atoms with van der Waals surface area (Å²) in [5, 5.41) is 4.71. The van der Waals surface area contributed by atoms with Gasteiger partial charge in [0.2, 0.25) is 0 Å². The number of hydrogen-bond acceptors (Lipinski definition) is 5. The van der Waals surface area contributed by atoms with E-state index in [0.717, 1.165) is 32.8 Å². The van der Waals surface area contributed by atoms with Crippen LogP contribution in [0.5, 0.6) is 0 Å². The molecule has 17 heavy (non-hydrogen) atoms. The second kappa shape index (κ2) is 6.00. The lowest BCUT2D eigenvalue weighted by molar-refractivity contribution is 0.0383. The quantitative estimate of drug-likeness (QED) is 0.817. The van der Waals surface area contributed by atoms with Crippen LogP contribution in [-0.2, 0) is 4.74 Å². The summed E-state index contributed by atoms with van der Waals surface area (Å²) in [6, 6.07) is 1.75. The van der Waals surface area contributed by atoms with E-state index in [4.69, 9.17) is 10.5 Å². The molecule has 6 heteroatoms. The summed E-state index contributed by atoms with van der Waals surface area (Å²) in [4.78, 5) is 14.6. The molecule has 5 nitrogen and oxygen atoms in total. The number of morpholine rings is 1. The second-order valence-corrected chi connectivity index (χ2v) is 4.83. The maximum atomic E-state index is 11.7. The Kier molecular flexibility index (Phi) is 4.36. The number of amides is 1. The summed E-state index contributed by atoms with van der Waals surface area (Å²) in [5.41, 5.74) is 6.23. The largest absolute Gasteiger partial charge is 0.397 e. The lowest BCUT2D eigenvalue weighted by Crippen LogP contribution is -2.41. The zero-order chi connectivity index (χ0) is 12.1. The number of carbonyl (C=O) groups excluding carboxylic acids is 1. The maximum Gasteiger partial charge on any atom is 0.263 e. The van der Waals surface area contributed by atoms with Gasteiger partial charge in [-0.2, -0.15) is 0 Å². The zero-order valence-corrected chi connectivity index (χ0v) is 10.5. The van der Waals surface area contributed by atoms with Crippen LogP contribution in [0, 0.1) is 0 Å². The van der Waals surface area contributed by atoms with Crippen LogP contribution >= 0.6 is 11.3 Å². The molecule has 1 saturated heterocycles. The molecule has 2 rings (SSSR count). The first kappa shape index (κ1) is 12.3. The Morgan fingerprint density at radius 2 is 2.29 bits per heavy atom. The van der Waals surface area contributed by atoms with Crippen molar-refractivity contribution in [2.45, 2.75) is 0 Å². The van der Waals surface area contributed by atoms with E-state index < -0.39 is 0 Å². The molecule has 0 saturated carbocycles. The molecule has 1 aromatic heterocycles.